The normalized spacial score (nSPS) is 11.9. The van der Waals surface area contributed by atoms with Gasteiger partial charge in [-0.15, -0.1) is 5.10 Å². The Morgan fingerprint density at radius 1 is 0.833 bits per heavy atom. The number of hydrogen-bond donors (Lipinski definition) is 3. The molecule has 3 aromatic heterocycles. The number of aromatic nitrogens is 5. The number of halogens is 6. The molecule has 344 valence electrons. The van der Waals surface area contributed by atoms with Gasteiger partial charge in [0.15, 0.2) is 17.4 Å². The Bertz CT molecular complexity index is 2820. The molecule has 7 rings (SSSR count). The van der Waals surface area contributed by atoms with E-state index in [4.69, 9.17) is 42.1 Å². The maximum atomic E-state index is 17.1. The summed E-state index contributed by atoms with van der Waals surface area (Å²) in [6.07, 6.45) is -3.49. The Labute approximate surface area is 387 Å². The lowest BCUT2D eigenvalue weighted by Gasteiger charge is -2.27. The summed E-state index contributed by atoms with van der Waals surface area (Å²) in [5.41, 5.74) is -1.43. The summed E-state index contributed by atoms with van der Waals surface area (Å²) in [7, 11) is 4.66. The zero-order valence-electron chi connectivity index (χ0n) is 36.3. The molecule has 0 aliphatic rings. The highest BCUT2D eigenvalue weighted by Crippen LogP contribution is 2.47. The van der Waals surface area contributed by atoms with Gasteiger partial charge in [-0.3, -0.25) is 9.78 Å². The predicted octanol–water partition coefficient (Wildman–Crippen LogP) is 10.1. The lowest BCUT2D eigenvalue weighted by atomic mass is 9.98. The third kappa shape index (κ3) is 10.7. The van der Waals surface area contributed by atoms with Gasteiger partial charge in [0.25, 0.3) is 5.56 Å². The van der Waals surface area contributed by atoms with Crippen LogP contribution in [0.1, 0.15) is 46.3 Å². The van der Waals surface area contributed by atoms with Crippen molar-refractivity contribution in [3.05, 3.63) is 151 Å². The number of aryl methyl sites for hydroxylation is 1. The molecule has 3 N–H and O–H groups in total. The quantitative estimate of drug-likeness (QED) is 0.0427. The Kier molecular flexibility index (Phi) is 14.8. The van der Waals surface area contributed by atoms with Gasteiger partial charge >= 0.3 is 6.18 Å². The fourth-order valence-corrected chi connectivity index (χ4v) is 7.86. The van der Waals surface area contributed by atoms with E-state index in [1.54, 1.807) is 48.5 Å². The molecule has 0 saturated heterocycles. The minimum absolute atomic E-state index is 0.0683. The van der Waals surface area contributed by atoms with Crippen molar-refractivity contribution in [2.75, 3.05) is 44.7 Å². The van der Waals surface area contributed by atoms with Gasteiger partial charge in [0.2, 0.25) is 5.28 Å². The number of methoxy groups -OCH3 is 3. The molecule has 7 aromatic rings. The number of alkyl halides is 3. The van der Waals surface area contributed by atoms with Crippen molar-refractivity contribution < 1.29 is 36.5 Å². The van der Waals surface area contributed by atoms with Gasteiger partial charge in [-0.25, -0.2) is 14.4 Å². The molecule has 0 saturated carbocycles. The summed E-state index contributed by atoms with van der Waals surface area (Å²) in [6, 6.07) is 24.6. The van der Waals surface area contributed by atoms with Gasteiger partial charge in [0.05, 0.1) is 49.4 Å². The van der Waals surface area contributed by atoms with Crippen LogP contribution in [-0.4, -0.2) is 59.6 Å². The maximum Gasteiger partial charge on any atom is 0.418 e. The van der Waals surface area contributed by atoms with Gasteiger partial charge in [0, 0.05) is 37.8 Å². The van der Waals surface area contributed by atoms with Gasteiger partial charge in [0.1, 0.15) is 40.6 Å². The molecule has 66 heavy (non-hydrogen) atoms. The summed E-state index contributed by atoms with van der Waals surface area (Å²) in [4.78, 5) is 26.0. The number of H-pyrrole nitrogens is 1. The zero-order valence-corrected chi connectivity index (χ0v) is 37.8. The van der Waals surface area contributed by atoms with Gasteiger partial charge in [-0.1, -0.05) is 48.0 Å². The summed E-state index contributed by atoms with van der Waals surface area (Å²) in [5.74, 6) is 0.772. The molecule has 13 nitrogen and oxygen atoms in total. The van der Waals surface area contributed by atoms with Gasteiger partial charge in [-0.05, 0) is 96.2 Å². The first kappa shape index (κ1) is 47.3. The molecule has 0 spiro atoms. The van der Waals surface area contributed by atoms with Crippen LogP contribution in [0, 0.1) is 12.7 Å². The van der Waals surface area contributed by atoms with E-state index >= 15 is 17.6 Å². The molecule has 3 heterocycles. The van der Waals surface area contributed by atoms with Gasteiger partial charge in [-0.2, -0.15) is 18.3 Å². The standard InChI is InChI=1S/C47H44Cl2F4N8O5/c1-26-22-35(61(24-29-8-14-32(64-4)15-9-29)25-30-10-16-33(65-5)17-11-30)57-41(38(26)47(51,52)53)36-39(48)43(37-42(40(36)50)58-46(49)59-45(37)62)66-21-20-54-27(2)34-18-19-56-60-44(34)55-23-28-6-12-31(63-3)13-7-28/h6-19,22,27,54H,20-21,23-25H2,1-5H3,(H,55,60)(H,58,59,62). The van der Waals surface area contributed by atoms with Crippen LogP contribution in [0.15, 0.2) is 95.9 Å². The predicted molar refractivity (Wildman–Crippen MR) is 245 cm³/mol. The smallest absolute Gasteiger partial charge is 0.418 e. The Balaban J connectivity index is 1.24. The first-order chi connectivity index (χ1) is 31.7. The molecule has 0 aliphatic carbocycles. The van der Waals surface area contributed by atoms with Gasteiger partial charge < -0.3 is 34.5 Å². The van der Waals surface area contributed by atoms with E-state index in [1.807, 2.05) is 55.5 Å². The van der Waals surface area contributed by atoms with Crippen molar-refractivity contribution in [1.82, 2.24) is 30.5 Å². The molecule has 0 amide bonds. The number of nitrogens with one attached hydrogen (secondary N) is 3. The molecule has 19 heteroatoms. The van der Waals surface area contributed by atoms with Crippen molar-refractivity contribution in [3.63, 3.8) is 0 Å². The largest absolute Gasteiger partial charge is 0.497 e. The monoisotopic (exact) mass is 946 g/mol. The van der Waals surface area contributed by atoms with E-state index < -0.39 is 61.3 Å². The van der Waals surface area contributed by atoms with Crippen LogP contribution in [0.2, 0.25) is 10.3 Å². The van der Waals surface area contributed by atoms with Crippen molar-refractivity contribution in [1.29, 1.82) is 0 Å². The fourth-order valence-electron chi connectivity index (χ4n) is 7.37. The SMILES string of the molecule is COc1ccc(CNc2nnccc2C(C)NCCOc2c(Cl)c(-c3nc(N(Cc4ccc(OC)cc4)Cc4ccc(OC)cc4)cc(C)c3C(F)(F)F)c(F)c3nc(Cl)[nH]c(=O)c23)cc1. The van der Waals surface area contributed by atoms with Crippen LogP contribution >= 0.6 is 23.2 Å². The molecular weight excluding hydrogens is 903 g/mol. The average Bonchev–Trinajstić information content (AvgIpc) is 3.30. The molecule has 1 atom stereocenters. The number of aromatic amines is 1. The topological polar surface area (TPSA) is 149 Å². The van der Waals surface area contributed by atoms with E-state index in [0.29, 0.717) is 23.9 Å². The Morgan fingerprint density at radius 3 is 1.97 bits per heavy atom. The number of hydrogen-bond acceptors (Lipinski definition) is 12. The minimum atomic E-state index is -5.04. The zero-order chi connectivity index (χ0) is 47.1. The molecule has 0 radical (unpaired) electrons. The van der Waals surface area contributed by atoms with Crippen molar-refractivity contribution in [3.8, 4) is 34.3 Å². The van der Waals surface area contributed by atoms with Crippen molar-refractivity contribution in [2.24, 2.45) is 0 Å². The molecule has 1 unspecified atom stereocenters. The second-order valence-corrected chi connectivity index (χ2v) is 15.8. The highest BCUT2D eigenvalue weighted by molar-refractivity contribution is 6.36. The van der Waals surface area contributed by atoms with Crippen LogP contribution in [0.4, 0.5) is 29.2 Å². The highest BCUT2D eigenvalue weighted by Gasteiger charge is 2.40. The maximum absolute atomic E-state index is 17.1. The Morgan fingerprint density at radius 2 is 1.41 bits per heavy atom. The third-order valence-electron chi connectivity index (χ3n) is 10.7. The second kappa shape index (κ2) is 20.6. The molecule has 0 bridgehead atoms. The van der Waals surface area contributed by atoms with E-state index in [9.17, 15) is 4.79 Å². The summed E-state index contributed by atoms with van der Waals surface area (Å²) in [6.45, 7) is 3.87. The van der Waals surface area contributed by atoms with Crippen LogP contribution in [0.5, 0.6) is 23.0 Å². The lowest BCUT2D eigenvalue weighted by Crippen LogP contribution is -2.26. The summed E-state index contributed by atoms with van der Waals surface area (Å²) < 4.78 is 84.7. The van der Waals surface area contributed by atoms with E-state index in [2.05, 4.69) is 35.8 Å². The van der Waals surface area contributed by atoms with E-state index in [0.717, 1.165) is 28.0 Å². The second-order valence-electron chi connectivity index (χ2n) is 15.0. The third-order valence-corrected chi connectivity index (χ3v) is 11.3. The van der Waals surface area contributed by atoms with E-state index in [-0.39, 0.29) is 43.7 Å². The number of ether oxygens (including phenoxy) is 4. The van der Waals surface area contributed by atoms with Crippen LogP contribution in [0.25, 0.3) is 22.2 Å². The first-order valence-electron chi connectivity index (χ1n) is 20.4. The fraction of sp³-hybridized carbons (Fsp3) is 0.255. The van der Waals surface area contributed by atoms with E-state index in [1.165, 1.54) is 27.2 Å². The first-order valence-corrected chi connectivity index (χ1v) is 21.2. The molecular formula is C47H44Cl2F4N8O5. The minimum Gasteiger partial charge on any atom is -0.497 e. The Hall–Kier alpha value is -6.69. The van der Waals surface area contributed by atoms with Crippen molar-refractivity contribution in [2.45, 2.75) is 45.7 Å². The number of fused-ring (bicyclic) bond motifs is 1. The number of anilines is 2. The van der Waals surface area contributed by atoms with Crippen LogP contribution in [0.3, 0.4) is 0 Å². The number of pyridine rings is 1. The number of benzene rings is 4. The molecule has 0 fully saturated rings. The summed E-state index contributed by atoms with van der Waals surface area (Å²) >= 11 is 13.1. The number of rotatable bonds is 18. The van der Waals surface area contributed by atoms with Crippen LogP contribution < -0.4 is 40.0 Å². The molecule has 0 aliphatic heterocycles. The lowest BCUT2D eigenvalue weighted by molar-refractivity contribution is -0.137. The summed E-state index contributed by atoms with van der Waals surface area (Å²) in [5, 5.41) is 13.3. The number of nitrogens with zero attached hydrogens (tertiary/aromatic N) is 5. The highest BCUT2D eigenvalue weighted by atomic mass is 35.5. The average molecular weight is 948 g/mol. The van der Waals surface area contributed by atoms with Crippen LogP contribution in [-0.2, 0) is 25.8 Å². The van der Waals surface area contributed by atoms with Crippen molar-refractivity contribution >= 4 is 45.7 Å². The molecule has 4 aromatic carbocycles.